The topological polar surface area (TPSA) is 79.8 Å². The number of halogens is 3. The molecule has 0 saturated carbocycles. The predicted octanol–water partition coefficient (Wildman–Crippen LogP) is 2.01. The Morgan fingerprint density at radius 3 is 2.73 bits per heavy atom. The summed E-state index contributed by atoms with van der Waals surface area (Å²) in [5, 5.41) is 2.19. The largest absolute Gasteiger partial charge is 0.409 e. The fourth-order valence-corrected chi connectivity index (χ4v) is 1.89. The summed E-state index contributed by atoms with van der Waals surface area (Å²) >= 11 is 0. The van der Waals surface area contributed by atoms with Gasteiger partial charge in [-0.15, -0.1) is 0 Å². The second-order valence-electron chi connectivity index (χ2n) is 4.70. The summed E-state index contributed by atoms with van der Waals surface area (Å²) < 4.78 is 39.9. The number of nitrogens with one attached hydrogen (secondary N) is 2. The molecule has 0 aliphatic carbocycles. The van der Waals surface area contributed by atoms with Crippen molar-refractivity contribution in [3.8, 4) is 0 Å². The molecule has 2 heterocycles. The highest BCUT2D eigenvalue weighted by atomic mass is 19.4. The van der Waals surface area contributed by atoms with Crippen LogP contribution in [0.15, 0.2) is 35.6 Å². The molecule has 2 rings (SSSR count). The minimum atomic E-state index is -4.61. The van der Waals surface area contributed by atoms with E-state index in [0.717, 1.165) is 17.1 Å². The minimum absolute atomic E-state index is 0.0952. The number of rotatable bonds is 4. The van der Waals surface area contributed by atoms with E-state index in [9.17, 15) is 22.8 Å². The first-order valence-corrected chi connectivity index (χ1v) is 6.31. The molecule has 2 N–H and O–H groups in total. The van der Waals surface area contributed by atoms with Crippen LogP contribution in [-0.4, -0.2) is 26.6 Å². The van der Waals surface area contributed by atoms with Crippen molar-refractivity contribution < 1.29 is 18.0 Å². The molecule has 0 radical (unpaired) electrons. The first-order chi connectivity index (χ1) is 10.3. The van der Waals surface area contributed by atoms with Crippen LogP contribution >= 0.6 is 0 Å². The van der Waals surface area contributed by atoms with Crippen LogP contribution in [-0.2, 0) is 4.79 Å². The third kappa shape index (κ3) is 3.74. The highest BCUT2D eigenvalue weighted by Crippen LogP contribution is 2.33. The van der Waals surface area contributed by atoms with Crippen LogP contribution < -0.4 is 10.9 Å². The van der Waals surface area contributed by atoms with E-state index in [1.165, 1.54) is 18.3 Å². The number of hydrogen-bond acceptors (Lipinski definition) is 3. The molecule has 0 aliphatic heterocycles. The Bertz CT molecular complexity index is 707. The molecule has 2 aromatic heterocycles. The summed E-state index contributed by atoms with van der Waals surface area (Å²) in [7, 11) is 0. The lowest BCUT2D eigenvalue weighted by molar-refractivity contribution is -0.171. The van der Waals surface area contributed by atoms with E-state index < -0.39 is 30.1 Å². The van der Waals surface area contributed by atoms with Gasteiger partial charge in [-0.3, -0.25) is 9.59 Å². The number of aromatic amines is 1. The molecule has 1 atom stereocenters. The Hall–Kier alpha value is -2.58. The summed E-state index contributed by atoms with van der Waals surface area (Å²) in [4.78, 5) is 29.4. The van der Waals surface area contributed by atoms with Gasteiger partial charge in [0.15, 0.2) is 0 Å². The number of carbonyl (C=O) groups excluding carboxylic acids is 1. The van der Waals surface area contributed by atoms with E-state index in [2.05, 4.69) is 15.3 Å². The maximum atomic E-state index is 13.0. The molecule has 0 aliphatic rings. The Labute approximate surface area is 123 Å². The van der Waals surface area contributed by atoms with Gasteiger partial charge < -0.3 is 14.9 Å². The smallest absolute Gasteiger partial charge is 0.325 e. The zero-order valence-electron chi connectivity index (χ0n) is 11.5. The first kappa shape index (κ1) is 15.8. The van der Waals surface area contributed by atoms with Crippen LogP contribution in [0.2, 0.25) is 0 Å². The summed E-state index contributed by atoms with van der Waals surface area (Å²) in [6.07, 6.45) is -2.15. The number of alkyl halides is 3. The van der Waals surface area contributed by atoms with Crippen LogP contribution in [0, 0.1) is 6.92 Å². The number of imidazole rings is 1. The molecule has 118 valence electrons. The van der Waals surface area contributed by atoms with Crippen LogP contribution in [0.5, 0.6) is 0 Å². The van der Waals surface area contributed by atoms with Gasteiger partial charge in [0.2, 0.25) is 5.91 Å². The van der Waals surface area contributed by atoms with Gasteiger partial charge in [-0.2, -0.15) is 13.2 Å². The molecular formula is C13H13F3N4O2. The standard InChI is InChI=1S/C13H13F3N4O2/c1-8-2-3-9(12(22)18-8)19-11(21)6-10(13(14,15)16)20-5-4-17-7-20/h2-5,7,10H,6H2,1H3,(H,18,22)(H,19,21)/t10-/m0/s1. The summed E-state index contributed by atoms with van der Waals surface area (Å²) in [5.41, 5.74) is -0.0868. The Balaban J connectivity index is 2.14. The van der Waals surface area contributed by atoms with Crippen molar-refractivity contribution >= 4 is 11.6 Å². The number of H-pyrrole nitrogens is 1. The van der Waals surface area contributed by atoms with Crippen LogP contribution in [0.3, 0.4) is 0 Å². The van der Waals surface area contributed by atoms with E-state index >= 15 is 0 Å². The van der Waals surface area contributed by atoms with Crippen LogP contribution in [0.25, 0.3) is 0 Å². The van der Waals surface area contributed by atoms with Crippen molar-refractivity contribution in [3.63, 3.8) is 0 Å². The van der Waals surface area contributed by atoms with Gasteiger partial charge in [-0.1, -0.05) is 0 Å². The van der Waals surface area contributed by atoms with E-state index in [1.807, 2.05) is 0 Å². The SMILES string of the molecule is Cc1ccc(NC(=O)C[C@H](n2ccnc2)C(F)(F)F)c(=O)[nH]1. The van der Waals surface area contributed by atoms with Gasteiger partial charge in [-0.05, 0) is 19.1 Å². The van der Waals surface area contributed by atoms with Crippen molar-refractivity contribution in [3.05, 3.63) is 46.9 Å². The highest BCUT2D eigenvalue weighted by molar-refractivity contribution is 5.90. The average Bonchev–Trinajstić information content (AvgIpc) is 2.91. The van der Waals surface area contributed by atoms with Crippen molar-refractivity contribution in [1.82, 2.24) is 14.5 Å². The zero-order chi connectivity index (χ0) is 16.3. The second-order valence-corrected chi connectivity index (χ2v) is 4.70. The molecule has 0 spiro atoms. The van der Waals surface area contributed by atoms with Crippen molar-refractivity contribution in [2.45, 2.75) is 25.6 Å². The number of aromatic nitrogens is 3. The maximum absolute atomic E-state index is 13.0. The Morgan fingerprint density at radius 2 is 2.18 bits per heavy atom. The quantitative estimate of drug-likeness (QED) is 0.906. The van der Waals surface area contributed by atoms with Gasteiger partial charge in [-0.25, -0.2) is 4.98 Å². The monoisotopic (exact) mass is 314 g/mol. The fraction of sp³-hybridized carbons (Fsp3) is 0.308. The third-order valence-corrected chi connectivity index (χ3v) is 2.97. The van der Waals surface area contributed by atoms with Crippen molar-refractivity contribution in [2.75, 3.05) is 5.32 Å². The first-order valence-electron chi connectivity index (χ1n) is 6.31. The molecular weight excluding hydrogens is 301 g/mol. The van der Waals surface area contributed by atoms with E-state index in [-0.39, 0.29) is 5.69 Å². The number of hydrogen-bond donors (Lipinski definition) is 2. The van der Waals surface area contributed by atoms with Crippen molar-refractivity contribution in [2.24, 2.45) is 0 Å². The molecule has 0 unspecified atom stereocenters. The van der Waals surface area contributed by atoms with Gasteiger partial charge in [0, 0.05) is 18.1 Å². The average molecular weight is 314 g/mol. The van der Waals surface area contributed by atoms with Crippen LogP contribution in [0.4, 0.5) is 18.9 Å². The van der Waals surface area contributed by atoms with E-state index in [0.29, 0.717) is 5.69 Å². The number of anilines is 1. The second kappa shape index (κ2) is 6.04. The lowest BCUT2D eigenvalue weighted by Crippen LogP contribution is -2.31. The lowest BCUT2D eigenvalue weighted by Gasteiger charge is -2.20. The summed E-state index contributed by atoms with van der Waals surface area (Å²) in [6.45, 7) is 1.64. The lowest BCUT2D eigenvalue weighted by atomic mass is 10.2. The highest BCUT2D eigenvalue weighted by Gasteiger charge is 2.42. The Morgan fingerprint density at radius 1 is 1.45 bits per heavy atom. The molecule has 0 saturated heterocycles. The minimum Gasteiger partial charge on any atom is -0.325 e. The number of aryl methyl sites for hydroxylation is 1. The van der Waals surface area contributed by atoms with Gasteiger partial charge >= 0.3 is 6.18 Å². The van der Waals surface area contributed by atoms with Gasteiger partial charge in [0.1, 0.15) is 11.7 Å². The number of amides is 1. The van der Waals surface area contributed by atoms with Gasteiger partial charge in [0.05, 0.1) is 12.7 Å². The number of pyridine rings is 1. The fourth-order valence-electron chi connectivity index (χ4n) is 1.89. The van der Waals surface area contributed by atoms with E-state index in [1.54, 1.807) is 6.92 Å². The summed E-state index contributed by atoms with van der Waals surface area (Å²) in [6, 6.07) is 0.833. The predicted molar refractivity (Wildman–Crippen MR) is 72.4 cm³/mol. The van der Waals surface area contributed by atoms with Crippen LogP contribution in [0.1, 0.15) is 18.2 Å². The molecule has 2 aromatic rings. The molecule has 1 amide bonds. The zero-order valence-corrected chi connectivity index (χ0v) is 11.5. The van der Waals surface area contributed by atoms with E-state index in [4.69, 9.17) is 0 Å². The van der Waals surface area contributed by atoms with Gasteiger partial charge in [0.25, 0.3) is 5.56 Å². The molecule has 0 fully saturated rings. The number of nitrogens with zero attached hydrogens (tertiary/aromatic N) is 2. The Kier molecular flexibility index (Phi) is 4.34. The number of carbonyl (C=O) groups is 1. The molecule has 0 aromatic carbocycles. The molecule has 22 heavy (non-hydrogen) atoms. The molecule has 0 bridgehead atoms. The molecule has 9 heteroatoms. The third-order valence-electron chi connectivity index (χ3n) is 2.97. The maximum Gasteiger partial charge on any atom is 0.409 e. The normalized spacial score (nSPS) is 12.9. The summed E-state index contributed by atoms with van der Waals surface area (Å²) in [5.74, 6) is -0.912. The molecule has 6 nitrogen and oxygen atoms in total. The van der Waals surface area contributed by atoms with Crippen molar-refractivity contribution in [1.29, 1.82) is 0 Å².